The van der Waals surface area contributed by atoms with Gasteiger partial charge in [-0.1, -0.05) is 20.3 Å². The maximum Gasteiger partial charge on any atom is 0.159 e. The van der Waals surface area contributed by atoms with E-state index >= 15 is 0 Å². The summed E-state index contributed by atoms with van der Waals surface area (Å²) in [5.41, 5.74) is 7.85. The normalized spacial score (nSPS) is 14.6. The first-order valence-corrected chi connectivity index (χ1v) is 7.70. The van der Waals surface area contributed by atoms with Crippen LogP contribution in [0.1, 0.15) is 58.2 Å². The van der Waals surface area contributed by atoms with Crippen molar-refractivity contribution in [3.8, 4) is 0 Å². The molecule has 2 N–H and O–H groups in total. The molecular formula is C16H26N4. The van der Waals surface area contributed by atoms with E-state index in [9.17, 15) is 0 Å². The molecule has 110 valence electrons. The Morgan fingerprint density at radius 1 is 1.30 bits per heavy atom. The van der Waals surface area contributed by atoms with Crippen LogP contribution >= 0.6 is 0 Å². The van der Waals surface area contributed by atoms with Crippen molar-refractivity contribution >= 4 is 11.2 Å². The number of aromatic nitrogens is 3. The molecule has 4 nitrogen and oxygen atoms in total. The molecule has 2 aromatic heterocycles. The molecule has 2 unspecified atom stereocenters. The van der Waals surface area contributed by atoms with Crippen LogP contribution in [0.15, 0.2) is 18.3 Å². The smallest absolute Gasteiger partial charge is 0.159 e. The van der Waals surface area contributed by atoms with E-state index in [0.717, 1.165) is 43.4 Å². The first-order chi connectivity index (χ1) is 9.63. The molecule has 4 heteroatoms. The number of aryl methyl sites for hydroxylation is 1. The van der Waals surface area contributed by atoms with Crippen molar-refractivity contribution < 1.29 is 0 Å². The highest BCUT2D eigenvalue weighted by molar-refractivity contribution is 5.71. The molecule has 0 bridgehead atoms. The van der Waals surface area contributed by atoms with Gasteiger partial charge in [0.15, 0.2) is 5.65 Å². The molecular weight excluding hydrogens is 248 g/mol. The molecule has 0 aliphatic heterocycles. The first kappa shape index (κ1) is 15.0. The predicted molar refractivity (Wildman–Crippen MR) is 83.7 cm³/mol. The largest absolute Gasteiger partial charge is 0.328 e. The van der Waals surface area contributed by atoms with Gasteiger partial charge < -0.3 is 10.3 Å². The zero-order chi connectivity index (χ0) is 14.5. The molecule has 0 aromatic carbocycles. The molecule has 0 radical (unpaired) electrons. The minimum Gasteiger partial charge on any atom is -0.328 e. The average molecular weight is 274 g/mol. The summed E-state index contributed by atoms with van der Waals surface area (Å²) < 4.78 is 2.28. The minimum absolute atomic E-state index is 0.290. The number of nitrogens with zero attached hydrogens (tertiary/aromatic N) is 3. The molecule has 2 atom stereocenters. The summed E-state index contributed by atoms with van der Waals surface area (Å²) in [5, 5.41) is 0. The van der Waals surface area contributed by atoms with Gasteiger partial charge >= 0.3 is 0 Å². The molecule has 0 fully saturated rings. The summed E-state index contributed by atoms with van der Waals surface area (Å²) in [6.07, 6.45) is 6.31. The first-order valence-electron chi connectivity index (χ1n) is 7.70. The van der Waals surface area contributed by atoms with Crippen LogP contribution in [0, 0.1) is 0 Å². The van der Waals surface area contributed by atoms with E-state index in [-0.39, 0.29) is 0 Å². The summed E-state index contributed by atoms with van der Waals surface area (Å²) in [5.74, 6) is 1.62. The van der Waals surface area contributed by atoms with Gasteiger partial charge in [-0.05, 0) is 38.3 Å². The van der Waals surface area contributed by atoms with E-state index < -0.39 is 0 Å². The molecule has 0 spiro atoms. The number of imidazole rings is 1. The van der Waals surface area contributed by atoms with E-state index in [2.05, 4.69) is 30.3 Å². The van der Waals surface area contributed by atoms with Gasteiger partial charge in [-0.3, -0.25) is 0 Å². The number of hydrogen-bond donors (Lipinski definition) is 1. The molecule has 2 rings (SSSR count). The lowest BCUT2D eigenvalue weighted by atomic mass is 10.0. The SMILES string of the molecule is CCCn1c(C(C)CCCC(C)N)nc2cccnc21. The van der Waals surface area contributed by atoms with Crippen LogP contribution < -0.4 is 5.73 Å². The van der Waals surface area contributed by atoms with Gasteiger partial charge in [-0.25, -0.2) is 9.97 Å². The van der Waals surface area contributed by atoms with Gasteiger partial charge in [0.05, 0.1) is 0 Å². The Morgan fingerprint density at radius 2 is 2.10 bits per heavy atom. The van der Waals surface area contributed by atoms with Crippen molar-refractivity contribution in [2.45, 2.75) is 65.0 Å². The van der Waals surface area contributed by atoms with E-state index in [1.807, 2.05) is 18.3 Å². The van der Waals surface area contributed by atoms with Crippen LogP contribution in [0.3, 0.4) is 0 Å². The number of pyridine rings is 1. The van der Waals surface area contributed by atoms with Crippen molar-refractivity contribution in [2.75, 3.05) is 0 Å². The topological polar surface area (TPSA) is 56.7 Å². The van der Waals surface area contributed by atoms with Gasteiger partial charge in [0.25, 0.3) is 0 Å². The number of rotatable bonds is 7. The monoisotopic (exact) mass is 274 g/mol. The van der Waals surface area contributed by atoms with Gasteiger partial charge in [-0.2, -0.15) is 0 Å². The molecule has 0 aliphatic carbocycles. The van der Waals surface area contributed by atoms with Crippen LogP contribution in [-0.4, -0.2) is 20.6 Å². The van der Waals surface area contributed by atoms with E-state index in [1.54, 1.807) is 0 Å². The van der Waals surface area contributed by atoms with Crippen molar-refractivity contribution in [2.24, 2.45) is 5.73 Å². The van der Waals surface area contributed by atoms with Crippen molar-refractivity contribution in [1.82, 2.24) is 14.5 Å². The fourth-order valence-corrected chi connectivity index (χ4v) is 2.67. The molecule has 0 aliphatic rings. The van der Waals surface area contributed by atoms with Crippen molar-refractivity contribution in [3.63, 3.8) is 0 Å². The second-order valence-electron chi connectivity index (χ2n) is 5.78. The Bertz CT molecular complexity index is 544. The van der Waals surface area contributed by atoms with Crippen molar-refractivity contribution in [1.29, 1.82) is 0 Å². The van der Waals surface area contributed by atoms with Crippen LogP contribution in [0.2, 0.25) is 0 Å². The maximum absolute atomic E-state index is 5.83. The minimum atomic E-state index is 0.290. The van der Waals surface area contributed by atoms with Gasteiger partial charge in [-0.15, -0.1) is 0 Å². The highest BCUT2D eigenvalue weighted by Gasteiger charge is 2.16. The summed E-state index contributed by atoms with van der Waals surface area (Å²) in [7, 11) is 0. The zero-order valence-corrected chi connectivity index (χ0v) is 12.8. The Kier molecular flexibility index (Phi) is 5.12. The molecule has 0 saturated carbocycles. The summed E-state index contributed by atoms with van der Waals surface area (Å²) in [6, 6.07) is 4.29. The van der Waals surface area contributed by atoms with Crippen LogP contribution in [0.5, 0.6) is 0 Å². The zero-order valence-electron chi connectivity index (χ0n) is 12.8. The molecule has 20 heavy (non-hydrogen) atoms. The molecule has 2 heterocycles. The molecule has 0 amide bonds. The van der Waals surface area contributed by atoms with Gasteiger partial charge in [0.2, 0.25) is 0 Å². The Morgan fingerprint density at radius 3 is 2.80 bits per heavy atom. The Labute approximate surface area is 121 Å². The van der Waals surface area contributed by atoms with Crippen LogP contribution in [0.4, 0.5) is 0 Å². The van der Waals surface area contributed by atoms with Gasteiger partial charge in [0, 0.05) is 24.7 Å². The number of nitrogens with two attached hydrogens (primary N) is 1. The quantitative estimate of drug-likeness (QED) is 0.841. The Balaban J connectivity index is 2.21. The summed E-state index contributed by atoms with van der Waals surface area (Å²) in [6.45, 7) is 7.51. The van der Waals surface area contributed by atoms with E-state index in [0.29, 0.717) is 12.0 Å². The van der Waals surface area contributed by atoms with Crippen LogP contribution in [-0.2, 0) is 6.54 Å². The second kappa shape index (κ2) is 6.84. The van der Waals surface area contributed by atoms with Crippen molar-refractivity contribution in [3.05, 3.63) is 24.2 Å². The lowest BCUT2D eigenvalue weighted by Crippen LogP contribution is -2.15. The third-order valence-corrected chi connectivity index (χ3v) is 3.72. The van der Waals surface area contributed by atoms with Gasteiger partial charge in [0.1, 0.15) is 11.3 Å². The fourth-order valence-electron chi connectivity index (χ4n) is 2.67. The molecule has 0 saturated heterocycles. The average Bonchev–Trinajstić information content (AvgIpc) is 2.78. The standard InChI is InChI=1S/C16H26N4/c1-4-11-20-15(12(2)7-5-8-13(3)17)19-14-9-6-10-18-16(14)20/h6,9-10,12-13H,4-5,7-8,11,17H2,1-3H3. The third-order valence-electron chi connectivity index (χ3n) is 3.72. The highest BCUT2D eigenvalue weighted by Crippen LogP contribution is 2.25. The van der Waals surface area contributed by atoms with Crippen LogP contribution in [0.25, 0.3) is 11.2 Å². The highest BCUT2D eigenvalue weighted by atomic mass is 15.1. The summed E-state index contributed by atoms with van der Waals surface area (Å²) in [4.78, 5) is 9.29. The Hall–Kier alpha value is -1.42. The lowest BCUT2D eigenvalue weighted by molar-refractivity contribution is 0.521. The number of fused-ring (bicyclic) bond motifs is 1. The summed E-state index contributed by atoms with van der Waals surface area (Å²) >= 11 is 0. The third kappa shape index (κ3) is 3.37. The lowest BCUT2D eigenvalue weighted by Gasteiger charge is -2.14. The second-order valence-corrected chi connectivity index (χ2v) is 5.78. The predicted octanol–water partition coefficient (Wildman–Crippen LogP) is 3.46. The fraction of sp³-hybridized carbons (Fsp3) is 0.625. The maximum atomic E-state index is 5.83. The number of hydrogen-bond acceptors (Lipinski definition) is 3. The van der Waals surface area contributed by atoms with E-state index in [4.69, 9.17) is 10.7 Å². The molecule has 2 aromatic rings. The van der Waals surface area contributed by atoms with E-state index in [1.165, 1.54) is 5.82 Å².